The highest BCUT2D eigenvalue weighted by atomic mass is 16.5. The molecule has 0 atom stereocenters. The van der Waals surface area contributed by atoms with Gasteiger partial charge in [-0.15, -0.1) is 0 Å². The number of rotatable bonds is 4. The average molecular weight is 259 g/mol. The van der Waals surface area contributed by atoms with Crippen molar-refractivity contribution >= 4 is 5.97 Å². The second-order valence-electron chi connectivity index (χ2n) is 3.66. The molecule has 0 bridgehead atoms. The van der Waals surface area contributed by atoms with Gasteiger partial charge in [-0.3, -0.25) is 4.98 Å². The van der Waals surface area contributed by atoms with Crippen molar-refractivity contribution in [1.82, 2.24) is 15.0 Å². The minimum atomic E-state index is -0.437. The first kappa shape index (κ1) is 12.9. The van der Waals surface area contributed by atoms with Gasteiger partial charge in [0.25, 0.3) is 0 Å². The number of aryl methyl sites for hydroxylation is 1. The van der Waals surface area contributed by atoms with Gasteiger partial charge < -0.3 is 9.47 Å². The number of aromatic nitrogens is 3. The minimum Gasteiger partial charge on any atom is -0.462 e. The molecule has 0 radical (unpaired) electrons. The Balaban J connectivity index is 2.17. The summed E-state index contributed by atoms with van der Waals surface area (Å²) in [7, 11) is 0. The van der Waals surface area contributed by atoms with E-state index < -0.39 is 5.97 Å². The van der Waals surface area contributed by atoms with E-state index in [0.717, 1.165) is 0 Å². The summed E-state index contributed by atoms with van der Waals surface area (Å²) >= 11 is 0. The van der Waals surface area contributed by atoms with Crippen molar-refractivity contribution in [2.45, 2.75) is 13.8 Å². The Hall–Kier alpha value is -2.50. The molecule has 0 aromatic carbocycles. The largest absolute Gasteiger partial charge is 0.462 e. The number of carbonyl (C=O) groups is 1. The Kier molecular flexibility index (Phi) is 4.02. The minimum absolute atomic E-state index is 0.165. The molecule has 6 nitrogen and oxygen atoms in total. The third-order valence-corrected chi connectivity index (χ3v) is 2.30. The first-order valence-electron chi connectivity index (χ1n) is 5.79. The van der Waals surface area contributed by atoms with Crippen LogP contribution in [0.4, 0.5) is 0 Å². The average Bonchev–Trinajstić information content (AvgIpc) is 2.40. The Labute approximate surface area is 110 Å². The van der Waals surface area contributed by atoms with Gasteiger partial charge in [0.15, 0.2) is 0 Å². The molecule has 0 saturated carbocycles. The van der Waals surface area contributed by atoms with Gasteiger partial charge in [0.05, 0.1) is 24.1 Å². The van der Waals surface area contributed by atoms with Gasteiger partial charge in [0.1, 0.15) is 5.75 Å². The maximum atomic E-state index is 11.6. The highest BCUT2D eigenvalue weighted by molar-refractivity contribution is 5.90. The summed E-state index contributed by atoms with van der Waals surface area (Å²) in [4.78, 5) is 23.6. The van der Waals surface area contributed by atoms with E-state index in [1.807, 2.05) is 0 Å². The summed E-state index contributed by atoms with van der Waals surface area (Å²) in [5.74, 6) is 0.0960. The van der Waals surface area contributed by atoms with Gasteiger partial charge >= 0.3 is 12.0 Å². The molecule has 2 heterocycles. The Morgan fingerprint density at radius 2 is 2.21 bits per heavy atom. The van der Waals surface area contributed by atoms with Crippen LogP contribution in [0.15, 0.2) is 30.7 Å². The van der Waals surface area contributed by atoms with Gasteiger partial charge in [0.2, 0.25) is 0 Å². The molecular weight excluding hydrogens is 246 g/mol. The van der Waals surface area contributed by atoms with E-state index in [0.29, 0.717) is 23.6 Å². The predicted molar refractivity (Wildman–Crippen MR) is 67.0 cm³/mol. The highest BCUT2D eigenvalue weighted by Crippen LogP contribution is 2.17. The number of hydrogen-bond acceptors (Lipinski definition) is 6. The fourth-order valence-corrected chi connectivity index (χ4v) is 1.42. The maximum absolute atomic E-state index is 11.6. The zero-order valence-electron chi connectivity index (χ0n) is 10.7. The number of nitrogens with zero attached hydrogens (tertiary/aromatic N) is 3. The van der Waals surface area contributed by atoms with Gasteiger partial charge in [-0.2, -0.15) is 4.98 Å². The van der Waals surface area contributed by atoms with Crippen molar-refractivity contribution in [3.8, 4) is 11.8 Å². The molecule has 0 fully saturated rings. The quantitative estimate of drug-likeness (QED) is 0.783. The lowest BCUT2D eigenvalue weighted by molar-refractivity contribution is 0.0524. The molecule has 0 spiro atoms. The van der Waals surface area contributed by atoms with Gasteiger partial charge in [-0.25, -0.2) is 9.78 Å². The summed E-state index contributed by atoms with van der Waals surface area (Å²) < 4.78 is 10.3. The third kappa shape index (κ3) is 3.25. The van der Waals surface area contributed by atoms with Crippen molar-refractivity contribution in [2.75, 3.05) is 6.61 Å². The van der Waals surface area contributed by atoms with E-state index >= 15 is 0 Å². The van der Waals surface area contributed by atoms with Crippen LogP contribution in [0.1, 0.15) is 23.0 Å². The molecule has 2 rings (SSSR count). The fraction of sp³-hybridized carbons (Fsp3) is 0.231. The molecule has 6 heteroatoms. The summed E-state index contributed by atoms with van der Waals surface area (Å²) in [6, 6.07) is 3.65. The topological polar surface area (TPSA) is 74.2 Å². The zero-order chi connectivity index (χ0) is 13.7. The molecule has 0 aliphatic rings. The first-order valence-corrected chi connectivity index (χ1v) is 5.79. The summed E-state index contributed by atoms with van der Waals surface area (Å²) in [6.07, 6.45) is 4.59. The maximum Gasteiger partial charge on any atom is 0.341 e. The smallest absolute Gasteiger partial charge is 0.341 e. The fourth-order valence-electron chi connectivity index (χ4n) is 1.42. The van der Waals surface area contributed by atoms with Gasteiger partial charge in [-0.1, -0.05) is 0 Å². The van der Waals surface area contributed by atoms with Crippen LogP contribution in [0, 0.1) is 6.92 Å². The van der Waals surface area contributed by atoms with Crippen LogP contribution >= 0.6 is 0 Å². The lowest BCUT2D eigenvalue weighted by Crippen LogP contribution is -2.09. The number of pyridine rings is 1. The highest BCUT2D eigenvalue weighted by Gasteiger charge is 2.13. The summed E-state index contributed by atoms with van der Waals surface area (Å²) in [6.45, 7) is 3.75. The molecule has 19 heavy (non-hydrogen) atoms. The van der Waals surface area contributed by atoms with E-state index in [-0.39, 0.29) is 6.01 Å². The van der Waals surface area contributed by atoms with E-state index in [1.54, 1.807) is 38.4 Å². The van der Waals surface area contributed by atoms with Crippen molar-refractivity contribution in [3.63, 3.8) is 0 Å². The molecule has 0 N–H and O–H groups in total. The molecule has 0 amide bonds. The van der Waals surface area contributed by atoms with E-state index in [2.05, 4.69) is 15.0 Å². The first-order chi connectivity index (χ1) is 9.20. The zero-order valence-corrected chi connectivity index (χ0v) is 10.7. The molecule has 0 aliphatic heterocycles. The lowest BCUT2D eigenvalue weighted by Gasteiger charge is -2.06. The Bertz CT molecular complexity index is 573. The van der Waals surface area contributed by atoms with Crippen LogP contribution < -0.4 is 4.74 Å². The molecule has 0 saturated heterocycles. The molecule has 2 aromatic heterocycles. The van der Waals surface area contributed by atoms with Crippen molar-refractivity contribution in [2.24, 2.45) is 0 Å². The summed E-state index contributed by atoms with van der Waals surface area (Å²) in [5.41, 5.74) is 0.840. The molecule has 2 aromatic rings. The monoisotopic (exact) mass is 259 g/mol. The number of ether oxygens (including phenoxy) is 2. The van der Waals surface area contributed by atoms with Crippen LogP contribution in [0.3, 0.4) is 0 Å². The molecule has 0 unspecified atom stereocenters. The molecule has 98 valence electrons. The Morgan fingerprint density at radius 3 is 2.84 bits per heavy atom. The van der Waals surface area contributed by atoms with E-state index in [1.165, 1.54) is 6.20 Å². The molecular formula is C13H13N3O3. The van der Waals surface area contributed by atoms with Crippen LogP contribution in [0.2, 0.25) is 0 Å². The predicted octanol–water partition coefficient (Wildman–Crippen LogP) is 2.15. The number of hydrogen-bond donors (Lipinski definition) is 0. The Morgan fingerprint density at radius 1 is 1.37 bits per heavy atom. The van der Waals surface area contributed by atoms with Crippen molar-refractivity contribution < 1.29 is 14.3 Å². The third-order valence-electron chi connectivity index (χ3n) is 2.30. The second-order valence-corrected chi connectivity index (χ2v) is 3.66. The van der Waals surface area contributed by atoms with Crippen LogP contribution in [-0.2, 0) is 4.74 Å². The second kappa shape index (κ2) is 5.90. The van der Waals surface area contributed by atoms with Crippen LogP contribution in [0.25, 0.3) is 0 Å². The SMILES string of the molecule is CCOC(=O)c1cnc(Oc2cccnc2)nc1C. The lowest BCUT2D eigenvalue weighted by atomic mass is 10.2. The summed E-state index contributed by atoms with van der Waals surface area (Å²) in [5, 5.41) is 0. The van der Waals surface area contributed by atoms with Crippen molar-refractivity contribution in [1.29, 1.82) is 0 Å². The van der Waals surface area contributed by atoms with E-state index in [4.69, 9.17) is 9.47 Å². The van der Waals surface area contributed by atoms with E-state index in [9.17, 15) is 4.79 Å². The van der Waals surface area contributed by atoms with Crippen LogP contribution in [0.5, 0.6) is 11.8 Å². The van der Waals surface area contributed by atoms with Crippen molar-refractivity contribution in [3.05, 3.63) is 42.0 Å². The van der Waals surface area contributed by atoms with Gasteiger partial charge in [0, 0.05) is 12.4 Å². The molecule has 0 aliphatic carbocycles. The standard InChI is InChI=1S/C13H13N3O3/c1-3-18-12(17)11-8-15-13(16-9(11)2)19-10-5-4-6-14-7-10/h4-8H,3H2,1-2H3. The van der Waals surface area contributed by atoms with Crippen LogP contribution in [-0.4, -0.2) is 27.5 Å². The number of esters is 1. The normalized spacial score (nSPS) is 10.0. The van der Waals surface area contributed by atoms with Gasteiger partial charge in [-0.05, 0) is 26.0 Å². The number of carbonyl (C=O) groups excluding carboxylic acids is 1.